The number of amides is 2. The van der Waals surface area contributed by atoms with Crippen LogP contribution in [0.25, 0.3) is 0 Å². The first-order valence-corrected chi connectivity index (χ1v) is 4.69. The lowest BCUT2D eigenvalue weighted by atomic mass is 10.1. The number of primary amides is 1. The molecule has 0 bridgehead atoms. The van der Waals surface area contributed by atoms with E-state index < -0.39 is 11.9 Å². The summed E-state index contributed by atoms with van der Waals surface area (Å²) in [6, 6.07) is 7.66. The van der Waals surface area contributed by atoms with Gasteiger partial charge in [-0.2, -0.15) is 0 Å². The van der Waals surface area contributed by atoms with Gasteiger partial charge in [0.05, 0.1) is 0 Å². The fraction of sp³-hybridized carbons (Fsp3) is 0.273. The number of fused-ring (bicyclic) bond motifs is 1. The van der Waals surface area contributed by atoms with E-state index >= 15 is 0 Å². The largest absolute Gasteiger partial charge is 0.368 e. The van der Waals surface area contributed by atoms with Crippen LogP contribution in [-0.2, 0) is 16.0 Å². The molecule has 15 heavy (non-hydrogen) atoms. The Morgan fingerprint density at radius 3 is 2.93 bits per heavy atom. The molecule has 2 N–H and O–H groups in total. The minimum absolute atomic E-state index is 0.163. The van der Waals surface area contributed by atoms with Gasteiger partial charge in [-0.1, -0.05) is 6.07 Å². The van der Waals surface area contributed by atoms with E-state index in [4.69, 9.17) is 5.73 Å². The second-order valence-electron chi connectivity index (χ2n) is 3.57. The Hall–Kier alpha value is -1.84. The summed E-state index contributed by atoms with van der Waals surface area (Å²) in [4.78, 5) is 24.1. The number of benzene rings is 1. The summed E-state index contributed by atoms with van der Waals surface area (Å²) in [5.74, 6) is -0.634. The molecule has 2 amide bonds. The summed E-state index contributed by atoms with van der Waals surface area (Å²) in [5.41, 5.74) is 6.97. The topological polar surface area (TPSA) is 63.4 Å². The SMILES string of the molecule is CC(=O)N1c2cc[c]cc2CC1C(N)=O. The molecule has 1 radical (unpaired) electrons. The molecular formula is C11H11N2O2. The lowest BCUT2D eigenvalue weighted by Gasteiger charge is -2.21. The van der Waals surface area contributed by atoms with Crippen molar-refractivity contribution in [1.29, 1.82) is 0 Å². The van der Waals surface area contributed by atoms with Crippen LogP contribution >= 0.6 is 0 Å². The van der Waals surface area contributed by atoms with Gasteiger partial charge in [-0.05, 0) is 23.8 Å². The average molecular weight is 203 g/mol. The molecule has 1 heterocycles. The van der Waals surface area contributed by atoms with E-state index in [0.29, 0.717) is 6.42 Å². The van der Waals surface area contributed by atoms with Crippen molar-refractivity contribution >= 4 is 17.5 Å². The Kier molecular flexibility index (Phi) is 2.19. The molecule has 4 heteroatoms. The zero-order chi connectivity index (χ0) is 11.0. The van der Waals surface area contributed by atoms with Crippen LogP contribution in [-0.4, -0.2) is 17.9 Å². The standard InChI is InChI=1S/C11H11N2O2/c1-7(14)13-9-5-3-2-4-8(9)6-10(13)11(12)15/h3-5,10H,6H2,1H3,(H2,12,15). The molecule has 1 aromatic rings. The van der Waals surface area contributed by atoms with Gasteiger partial charge in [-0.25, -0.2) is 0 Å². The predicted molar refractivity (Wildman–Crippen MR) is 55.1 cm³/mol. The number of rotatable bonds is 1. The third kappa shape index (κ3) is 1.48. The molecule has 1 aliphatic rings. The van der Waals surface area contributed by atoms with Crippen LogP contribution in [0.15, 0.2) is 18.2 Å². The van der Waals surface area contributed by atoms with E-state index in [1.807, 2.05) is 0 Å². The first kappa shape index (κ1) is 9.71. The van der Waals surface area contributed by atoms with E-state index in [1.165, 1.54) is 11.8 Å². The van der Waals surface area contributed by atoms with Crippen LogP contribution in [0.2, 0.25) is 0 Å². The van der Waals surface area contributed by atoms with Gasteiger partial charge in [0.2, 0.25) is 11.8 Å². The molecule has 0 saturated heterocycles. The van der Waals surface area contributed by atoms with Gasteiger partial charge >= 0.3 is 0 Å². The zero-order valence-electron chi connectivity index (χ0n) is 8.36. The zero-order valence-corrected chi connectivity index (χ0v) is 8.36. The van der Waals surface area contributed by atoms with Crippen molar-refractivity contribution in [2.45, 2.75) is 19.4 Å². The average Bonchev–Trinajstić information content (AvgIpc) is 2.56. The van der Waals surface area contributed by atoms with Crippen molar-refractivity contribution in [1.82, 2.24) is 0 Å². The second-order valence-corrected chi connectivity index (χ2v) is 3.57. The van der Waals surface area contributed by atoms with E-state index in [9.17, 15) is 9.59 Å². The summed E-state index contributed by atoms with van der Waals surface area (Å²) in [6.07, 6.45) is 0.488. The van der Waals surface area contributed by atoms with Crippen molar-refractivity contribution in [3.05, 3.63) is 29.8 Å². The Labute approximate surface area is 87.7 Å². The van der Waals surface area contributed by atoms with Crippen LogP contribution < -0.4 is 10.6 Å². The molecule has 0 aliphatic carbocycles. The van der Waals surface area contributed by atoms with Gasteiger partial charge in [-0.15, -0.1) is 0 Å². The van der Waals surface area contributed by atoms with E-state index in [0.717, 1.165) is 11.3 Å². The van der Waals surface area contributed by atoms with Crippen molar-refractivity contribution in [2.24, 2.45) is 5.73 Å². The minimum Gasteiger partial charge on any atom is -0.368 e. The highest BCUT2D eigenvalue weighted by Crippen LogP contribution is 2.31. The summed E-state index contributed by atoms with van der Waals surface area (Å²) in [7, 11) is 0. The Balaban J connectivity index is 2.46. The summed E-state index contributed by atoms with van der Waals surface area (Å²) >= 11 is 0. The number of carbonyl (C=O) groups excluding carboxylic acids is 2. The summed E-state index contributed by atoms with van der Waals surface area (Å²) in [5, 5.41) is 0. The highest BCUT2D eigenvalue weighted by atomic mass is 16.2. The van der Waals surface area contributed by atoms with Crippen LogP contribution in [0, 0.1) is 6.07 Å². The van der Waals surface area contributed by atoms with E-state index in [-0.39, 0.29) is 5.91 Å². The molecule has 4 nitrogen and oxygen atoms in total. The van der Waals surface area contributed by atoms with E-state index in [2.05, 4.69) is 6.07 Å². The quantitative estimate of drug-likeness (QED) is 0.711. The predicted octanol–water partition coefficient (Wildman–Crippen LogP) is 0.250. The minimum atomic E-state index is -0.548. The molecule has 1 aromatic carbocycles. The molecule has 0 aromatic heterocycles. The molecule has 1 unspecified atom stereocenters. The molecule has 0 spiro atoms. The first-order chi connectivity index (χ1) is 7.11. The van der Waals surface area contributed by atoms with Crippen molar-refractivity contribution in [3.63, 3.8) is 0 Å². The summed E-state index contributed by atoms with van der Waals surface area (Å²) < 4.78 is 0. The maximum absolute atomic E-state index is 11.4. The Morgan fingerprint density at radius 2 is 2.33 bits per heavy atom. The maximum Gasteiger partial charge on any atom is 0.240 e. The molecule has 2 rings (SSSR count). The number of hydrogen-bond acceptors (Lipinski definition) is 2. The molecule has 1 aliphatic heterocycles. The molecular weight excluding hydrogens is 192 g/mol. The number of carbonyl (C=O) groups is 2. The highest BCUT2D eigenvalue weighted by Gasteiger charge is 2.35. The van der Waals surface area contributed by atoms with Gasteiger partial charge in [0.25, 0.3) is 0 Å². The third-order valence-corrected chi connectivity index (χ3v) is 2.58. The van der Waals surface area contributed by atoms with Crippen molar-refractivity contribution in [2.75, 3.05) is 4.90 Å². The van der Waals surface area contributed by atoms with Crippen molar-refractivity contribution in [3.8, 4) is 0 Å². The Bertz CT molecular complexity index is 428. The lowest BCUT2D eigenvalue weighted by molar-refractivity contribution is -0.123. The van der Waals surface area contributed by atoms with Crippen LogP contribution in [0.3, 0.4) is 0 Å². The number of nitrogens with two attached hydrogens (primary N) is 1. The van der Waals surface area contributed by atoms with Gasteiger partial charge in [0.15, 0.2) is 0 Å². The maximum atomic E-state index is 11.4. The van der Waals surface area contributed by atoms with Crippen molar-refractivity contribution < 1.29 is 9.59 Å². The molecule has 1 atom stereocenters. The fourth-order valence-corrected chi connectivity index (χ4v) is 1.94. The molecule has 77 valence electrons. The van der Waals surface area contributed by atoms with Gasteiger partial charge in [0.1, 0.15) is 6.04 Å². The van der Waals surface area contributed by atoms with E-state index in [1.54, 1.807) is 18.2 Å². The normalized spacial score (nSPS) is 18.7. The smallest absolute Gasteiger partial charge is 0.240 e. The lowest BCUT2D eigenvalue weighted by Crippen LogP contribution is -2.45. The Morgan fingerprint density at radius 1 is 1.60 bits per heavy atom. The highest BCUT2D eigenvalue weighted by molar-refractivity contribution is 6.02. The number of hydrogen-bond donors (Lipinski definition) is 1. The number of anilines is 1. The molecule has 0 fully saturated rings. The van der Waals surface area contributed by atoms with Crippen LogP contribution in [0.5, 0.6) is 0 Å². The molecule has 0 saturated carbocycles. The van der Waals surface area contributed by atoms with Gasteiger partial charge < -0.3 is 5.73 Å². The van der Waals surface area contributed by atoms with Gasteiger partial charge in [-0.3, -0.25) is 14.5 Å². The first-order valence-electron chi connectivity index (χ1n) is 4.69. The van der Waals surface area contributed by atoms with Gasteiger partial charge in [0, 0.05) is 19.0 Å². The second kappa shape index (κ2) is 3.38. The number of nitrogens with zero attached hydrogens (tertiary/aromatic N) is 1. The van der Waals surface area contributed by atoms with Crippen LogP contribution in [0.4, 0.5) is 5.69 Å². The fourth-order valence-electron chi connectivity index (χ4n) is 1.94. The summed E-state index contributed by atoms with van der Waals surface area (Å²) in [6.45, 7) is 1.43. The monoisotopic (exact) mass is 203 g/mol. The van der Waals surface area contributed by atoms with Crippen LogP contribution in [0.1, 0.15) is 12.5 Å². The third-order valence-electron chi connectivity index (χ3n) is 2.58.